The fourth-order valence-electron chi connectivity index (χ4n) is 2.90. The minimum atomic E-state index is -0.419. The van der Waals surface area contributed by atoms with E-state index < -0.39 is 5.54 Å². The summed E-state index contributed by atoms with van der Waals surface area (Å²) in [6.07, 6.45) is 1.68. The molecule has 2 aliphatic heterocycles. The van der Waals surface area contributed by atoms with Gasteiger partial charge in [0.25, 0.3) is 0 Å². The first-order valence-corrected chi connectivity index (χ1v) is 7.05. The highest BCUT2D eigenvalue weighted by Gasteiger charge is 2.42. The van der Waals surface area contributed by atoms with Gasteiger partial charge in [-0.1, -0.05) is 19.9 Å². The molecule has 0 saturated carbocycles. The second kappa shape index (κ2) is 4.53. The molecule has 2 aliphatic rings. The van der Waals surface area contributed by atoms with Crippen LogP contribution in [-0.4, -0.2) is 24.5 Å². The van der Waals surface area contributed by atoms with E-state index in [1.807, 2.05) is 0 Å². The summed E-state index contributed by atoms with van der Waals surface area (Å²) < 4.78 is 0. The summed E-state index contributed by atoms with van der Waals surface area (Å²) in [7, 11) is 0. The number of anilines is 2. The Morgan fingerprint density at radius 2 is 1.89 bits per heavy atom. The van der Waals surface area contributed by atoms with Crippen molar-refractivity contribution in [1.82, 2.24) is 5.32 Å². The number of piperidine rings is 1. The fourth-order valence-corrected chi connectivity index (χ4v) is 2.90. The molecule has 102 valence electrons. The molecular formula is C15H21N3O. The Kier molecular flexibility index (Phi) is 2.97. The Labute approximate surface area is 114 Å². The fraction of sp³-hybridized carbons (Fsp3) is 0.533. The number of carbonyl (C=O) groups excluding carboxylic acids is 1. The highest BCUT2D eigenvalue weighted by molar-refractivity contribution is 6.06. The molecule has 2 heterocycles. The van der Waals surface area contributed by atoms with E-state index in [2.05, 4.69) is 48.0 Å². The van der Waals surface area contributed by atoms with Gasteiger partial charge in [-0.2, -0.15) is 0 Å². The van der Waals surface area contributed by atoms with Crippen molar-refractivity contribution in [1.29, 1.82) is 0 Å². The number of rotatable bonds is 1. The third-order valence-electron chi connectivity index (χ3n) is 4.22. The molecule has 1 aromatic carbocycles. The first-order chi connectivity index (χ1) is 9.11. The Morgan fingerprint density at radius 3 is 2.58 bits per heavy atom. The van der Waals surface area contributed by atoms with E-state index >= 15 is 0 Å². The predicted octanol–water partition coefficient (Wildman–Crippen LogP) is 2.30. The molecule has 1 saturated heterocycles. The summed E-state index contributed by atoms with van der Waals surface area (Å²) in [4.78, 5) is 12.4. The Morgan fingerprint density at radius 1 is 1.16 bits per heavy atom. The molecule has 3 N–H and O–H groups in total. The highest BCUT2D eigenvalue weighted by atomic mass is 16.2. The minimum Gasteiger partial charge on any atom is -0.369 e. The first-order valence-electron chi connectivity index (χ1n) is 7.05. The monoisotopic (exact) mass is 259 g/mol. The molecule has 0 atom stereocenters. The van der Waals surface area contributed by atoms with Crippen LogP contribution in [-0.2, 0) is 4.79 Å². The summed E-state index contributed by atoms with van der Waals surface area (Å²) >= 11 is 0. The Hall–Kier alpha value is -1.55. The maximum atomic E-state index is 12.4. The van der Waals surface area contributed by atoms with Crippen molar-refractivity contribution in [2.75, 3.05) is 23.7 Å². The number of fused-ring (bicyclic) bond motifs is 1. The molecule has 1 aromatic rings. The smallest absolute Gasteiger partial charge is 0.250 e. The zero-order chi connectivity index (χ0) is 13.5. The second-order valence-electron chi connectivity index (χ2n) is 5.87. The largest absolute Gasteiger partial charge is 0.369 e. The van der Waals surface area contributed by atoms with Gasteiger partial charge in [-0.15, -0.1) is 0 Å². The van der Waals surface area contributed by atoms with Crippen LogP contribution in [0.1, 0.15) is 38.2 Å². The lowest BCUT2D eigenvalue weighted by molar-refractivity contribution is -0.121. The van der Waals surface area contributed by atoms with E-state index in [1.54, 1.807) is 0 Å². The lowest BCUT2D eigenvalue weighted by Gasteiger charge is -2.41. The van der Waals surface area contributed by atoms with Crippen LogP contribution < -0.4 is 16.0 Å². The van der Waals surface area contributed by atoms with Crippen LogP contribution in [0, 0.1) is 0 Å². The van der Waals surface area contributed by atoms with Crippen molar-refractivity contribution in [3.63, 3.8) is 0 Å². The van der Waals surface area contributed by atoms with E-state index in [1.165, 1.54) is 5.56 Å². The SMILES string of the molecule is CC(C)c1ccc2c(c1)NC(=O)C1(CCNCC1)N2. The molecule has 0 aromatic heterocycles. The molecule has 0 radical (unpaired) electrons. The molecular weight excluding hydrogens is 238 g/mol. The maximum Gasteiger partial charge on any atom is 0.250 e. The maximum absolute atomic E-state index is 12.4. The van der Waals surface area contributed by atoms with Crippen molar-refractivity contribution in [3.05, 3.63) is 23.8 Å². The quantitative estimate of drug-likeness (QED) is 0.725. The summed E-state index contributed by atoms with van der Waals surface area (Å²) in [6, 6.07) is 6.31. The van der Waals surface area contributed by atoms with E-state index in [9.17, 15) is 4.79 Å². The normalized spacial score (nSPS) is 20.9. The molecule has 0 aliphatic carbocycles. The van der Waals surface area contributed by atoms with Gasteiger partial charge in [0, 0.05) is 0 Å². The van der Waals surface area contributed by atoms with Crippen LogP contribution in [0.4, 0.5) is 11.4 Å². The van der Waals surface area contributed by atoms with Gasteiger partial charge in [0.2, 0.25) is 5.91 Å². The molecule has 4 nitrogen and oxygen atoms in total. The number of hydrogen-bond donors (Lipinski definition) is 3. The van der Waals surface area contributed by atoms with Crippen LogP contribution in [0.5, 0.6) is 0 Å². The predicted molar refractivity (Wildman–Crippen MR) is 77.6 cm³/mol. The van der Waals surface area contributed by atoms with Crippen LogP contribution in [0.15, 0.2) is 18.2 Å². The van der Waals surface area contributed by atoms with Gasteiger partial charge in [-0.25, -0.2) is 0 Å². The van der Waals surface area contributed by atoms with Gasteiger partial charge in [0.1, 0.15) is 5.54 Å². The number of carbonyl (C=O) groups is 1. The van der Waals surface area contributed by atoms with Gasteiger partial charge in [-0.05, 0) is 49.5 Å². The van der Waals surface area contributed by atoms with Crippen LogP contribution >= 0.6 is 0 Å². The number of benzene rings is 1. The van der Waals surface area contributed by atoms with E-state index in [0.29, 0.717) is 5.92 Å². The number of amides is 1. The molecule has 1 fully saturated rings. The average Bonchev–Trinajstić information content (AvgIpc) is 2.40. The zero-order valence-electron chi connectivity index (χ0n) is 11.5. The lowest BCUT2D eigenvalue weighted by Crippen LogP contribution is -2.57. The zero-order valence-corrected chi connectivity index (χ0v) is 11.5. The van der Waals surface area contributed by atoms with Crippen molar-refractivity contribution < 1.29 is 4.79 Å². The Bertz CT molecular complexity index is 504. The number of hydrogen-bond acceptors (Lipinski definition) is 3. The highest BCUT2D eigenvalue weighted by Crippen LogP contribution is 2.36. The molecule has 19 heavy (non-hydrogen) atoms. The van der Waals surface area contributed by atoms with Gasteiger partial charge in [0.15, 0.2) is 0 Å². The van der Waals surface area contributed by atoms with Gasteiger partial charge in [0.05, 0.1) is 11.4 Å². The van der Waals surface area contributed by atoms with Crippen molar-refractivity contribution in [3.8, 4) is 0 Å². The van der Waals surface area contributed by atoms with Crippen LogP contribution in [0.3, 0.4) is 0 Å². The molecule has 0 bridgehead atoms. The number of nitrogens with one attached hydrogen (secondary N) is 3. The van der Waals surface area contributed by atoms with E-state index in [-0.39, 0.29) is 5.91 Å². The average molecular weight is 259 g/mol. The van der Waals surface area contributed by atoms with Gasteiger partial charge in [-0.3, -0.25) is 4.79 Å². The summed E-state index contributed by atoms with van der Waals surface area (Å²) in [5.41, 5.74) is 2.80. The summed E-state index contributed by atoms with van der Waals surface area (Å²) in [5, 5.41) is 9.87. The topological polar surface area (TPSA) is 53.2 Å². The molecule has 1 spiro atoms. The van der Waals surface area contributed by atoms with Crippen LogP contribution in [0.25, 0.3) is 0 Å². The third kappa shape index (κ3) is 2.10. The van der Waals surface area contributed by atoms with Crippen molar-refractivity contribution >= 4 is 17.3 Å². The molecule has 0 unspecified atom stereocenters. The van der Waals surface area contributed by atoms with Crippen LogP contribution in [0.2, 0.25) is 0 Å². The van der Waals surface area contributed by atoms with E-state index in [0.717, 1.165) is 37.3 Å². The minimum absolute atomic E-state index is 0.113. The second-order valence-corrected chi connectivity index (χ2v) is 5.87. The molecule has 3 rings (SSSR count). The third-order valence-corrected chi connectivity index (χ3v) is 4.22. The van der Waals surface area contributed by atoms with Crippen molar-refractivity contribution in [2.45, 2.75) is 38.1 Å². The van der Waals surface area contributed by atoms with Crippen molar-refractivity contribution in [2.24, 2.45) is 0 Å². The molecule has 1 amide bonds. The van der Waals surface area contributed by atoms with Gasteiger partial charge >= 0.3 is 0 Å². The van der Waals surface area contributed by atoms with Gasteiger partial charge < -0.3 is 16.0 Å². The van der Waals surface area contributed by atoms with E-state index in [4.69, 9.17) is 0 Å². The Balaban J connectivity index is 1.93. The molecule has 4 heteroatoms. The standard InChI is InChI=1S/C15H21N3O/c1-10(2)11-3-4-12-13(9-11)17-14(19)15(18-12)5-7-16-8-6-15/h3-4,9-10,16,18H,5-8H2,1-2H3,(H,17,19). The first kappa shape index (κ1) is 12.5. The summed E-state index contributed by atoms with van der Waals surface area (Å²) in [6.45, 7) is 6.10. The lowest BCUT2D eigenvalue weighted by atomic mass is 9.85. The summed E-state index contributed by atoms with van der Waals surface area (Å²) in [5.74, 6) is 0.583.